The summed E-state index contributed by atoms with van der Waals surface area (Å²) in [6, 6.07) is 13.9. The molecule has 5 rings (SSSR count). The summed E-state index contributed by atoms with van der Waals surface area (Å²) >= 11 is 0. The van der Waals surface area contributed by atoms with Crippen LogP contribution in [0.2, 0.25) is 0 Å². The minimum absolute atomic E-state index is 0.0444. The monoisotopic (exact) mass is 434 g/mol. The molecule has 166 valence electrons. The van der Waals surface area contributed by atoms with Crippen molar-refractivity contribution in [3.8, 4) is 11.4 Å². The van der Waals surface area contributed by atoms with Crippen molar-refractivity contribution in [2.24, 2.45) is 0 Å². The van der Waals surface area contributed by atoms with Gasteiger partial charge in [0.25, 0.3) is 5.91 Å². The van der Waals surface area contributed by atoms with Crippen LogP contribution in [0.4, 0.5) is 4.39 Å². The predicted molar refractivity (Wildman–Crippen MR) is 124 cm³/mol. The van der Waals surface area contributed by atoms with E-state index in [9.17, 15) is 9.18 Å². The van der Waals surface area contributed by atoms with E-state index in [4.69, 9.17) is 0 Å². The molecule has 1 aliphatic heterocycles. The molecule has 4 aromatic rings. The number of hydrogen-bond acceptors (Lipinski definition) is 4. The van der Waals surface area contributed by atoms with Crippen LogP contribution in [0.1, 0.15) is 22.3 Å². The minimum atomic E-state index is -0.840. The molecule has 1 aliphatic rings. The summed E-state index contributed by atoms with van der Waals surface area (Å²) < 4.78 is 14.3. The second-order valence-electron chi connectivity index (χ2n) is 8.45. The van der Waals surface area contributed by atoms with Gasteiger partial charge in [0.2, 0.25) is 0 Å². The largest absolute Gasteiger partial charge is 0.355 e. The number of benzene rings is 2. The quantitative estimate of drug-likeness (QED) is 0.388. The van der Waals surface area contributed by atoms with Crippen LogP contribution in [0.15, 0.2) is 42.5 Å². The van der Waals surface area contributed by atoms with E-state index >= 15 is 0 Å². The summed E-state index contributed by atoms with van der Waals surface area (Å²) in [4.78, 5) is 17.5. The Labute approximate surface area is 185 Å². The van der Waals surface area contributed by atoms with Crippen LogP contribution in [-0.2, 0) is 6.54 Å². The van der Waals surface area contributed by atoms with Gasteiger partial charge >= 0.3 is 0 Å². The van der Waals surface area contributed by atoms with Crippen molar-refractivity contribution in [1.29, 1.82) is 0 Å². The highest BCUT2D eigenvalue weighted by Crippen LogP contribution is 2.30. The first kappa shape index (κ1) is 20.7. The van der Waals surface area contributed by atoms with Crippen LogP contribution >= 0.6 is 0 Å². The van der Waals surface area contributed by atoms with Crippen molar-refractivity contribution >= 4 is 27.7 Å². The normalized spacial score (nSPS) is 19.6. The maximum atomic E-state index is 14.3. The molecule has 0 radical (unpaired) electrons. The number of aromatic amines is 2. The molecule has 0 aliphatic carbocycles. The van der Waals surface area contributed by atoms with Crippen molar-refractivity contribution in [1.82, 2.24) is 30.7 Å². The summed E-state index contributed by atoms with van der Waals surface area (Å²) in [5, 5.41) is 15.3. The van der Waals surface area contributed by atoms with Crippen molar-refractivity contribution in [3.05, 3.63) is 53.6 Å². The molecule has 8 heteroatoms. The fourth-order valence-corrected chi connectivity index (χ4v) is 4.61. The second-order valence-corrected chi connectivity index (χ2v) is 8.45. The molecule has 7 nitrogen and oxygen atoms in total. The number of nitrogens with one attached hydrogen (secondary N) is 4. The Hall–Kier alpha value is -3.23. The van der Waals surface area contributed by atoms with Crippen LogP contribution in [0, 0.1) is 0 Å². The summed E-state index contributed by atoms with van der Waals surface area (Å²) in [6.07, 6.45) is -0.0181. The number of H-pyrrole nitrogens is 2. The van der Waals surface area contributed by atoms with Gasteiger partial charge in [-0.3, -0.25) is 14.8 Å². The number of rotatable bonds is 5. The smallest absolute Gasteiger partial charge is 0.251 e. The summed E-state index contributed by atoms with van der Waals surface area (Å²) in [7, 11) is 3.44. The number of nitrogens with zero attached hydrogens (tertiary/aromatic N) is 2. The van der Waals surface area contributed by atoms with E-state index in [0.717, 1.165) is 52.7 Å². The average Bonchev–Trinajstić information content (AvgIpc) is 3.41. The van der Waals surface area contributed by atoms with Crippen LogP contribution in [0.5, 0.6) is 0 Å². The molecule has 2 aromatic carbocycles. The van der Waals surface area contributed by atoms with Crippen molar-refractivity contribution in [2.45, 2.75) is 25.2 Å². The zero-order valence-corrected chi connectivity index (χ0v) is 18.2. The summed E-state index contributed by atoms with van der Waals surface area (Å²) in [5.41, 5.74) is 5.32. The minimum Gasteiger partial charge on any atom is -0.355 e. The van der Waals surface area contributed by atoms with E-state index in [-0.39, 0.29) is 11.9 Å². The Bertz CT molecular complexity index is 1280. The van der Waals surface area contributed by atoms with Crippen molar-refractivity contribution in [2.75, 3.05) is 27.2 Å². The lowest BCUT2D eigenvalue weighted by atomic mass is 10.0. The molecule has 1 amide bonds. The molecule has 2 atom stereocenters. The predicted octanol–water partition coefficient (Wildman–Crippen LogP) is 3.20. The third-order valence-corrected chi connectivity index (χ3v) is 6.39. The van der Waals surface area contributed by atoms with Gasteiger partial charge in [-0.1, -0.05) is 6.07 Å². The molecule has 32 heavy (non-hydrogen) atoms. The number of carbonyl (C=O) groups is 1. The first-order valence-corrected chi connectivity index (χ1v) is 10.9. The van der Waals surface area contributed by atoms with Gasteiger partial charge in [0.15, 0.2) is 0 Å². The molecular formula is C24H27FN6O. The third kappa shape index (κ3) is 3.76. The Kier molecular flexibility index (Phi) is 5.40. The average molecular weight is 435 g/mol. The van der Waals surface area contributed by atoms with Crippen LogP contribution in [0.3, 0.4) is 0 Å². The van der Waals surface area contributed by atoms with E-state index in [1.807, 2.05) is 13.1 Å². The molecule has 0 saturated carbocycles. The first-order chi connectivity index (χ1) is 15.6. The Morgan fingerprint density at radius 1 is 1.19 bits per heavy atom. The molecule has 0 bridgehead atoms. The summed E-state index contributed by atoms with van der Waals surface area (Å²) in [6.45, 7) is 2.08. The standard InChI is InChI=1S/C24H27FN6O/c1-26-20-7-8-31(13-18(20)25)12-14-3-6-19-16(9-14)11-22(28-19)23-17-5-4-15(24(32)27-2)10-21(17)29-30-23/h3-6,9-11,18,20,26,28H,7-8,12-13H2,1-2H3,(H,27,32)(H,29,30)/t18-,20+/m0/s1. The molecule has 0 spiro atoms. The Morgan fingerprint density at radius 2 is 2.06 bits per heavy atom. The molecule has 3 heterocycles. The van der Waals surface area contributed by atoms with Gasteiger partial charge in [0, 0.05) is 54.6 Å². The molecule has 1 saturated heterocycles. The van der Waals surface area contributed by atoms with Gasteiger partial charge in [0.05, 0.1) is 11.2 Å². The molecule has 4 N–H and O–H groups in total. The fraction of sp³-hybridized carbons (Fsp3) is 0.333. The Morgan fingerprint density at radius 3 is 2.84 bits per heavy atom. The lowest BCUT2D eigenvalue weighted by Crippen LogP contribution is -2.49. The number of piperidine rings is 1. The van der Waals surface area contributed by atoms with Gasteiger partial charge in [0.1, 0.15) is 11.9 Å². The highest BCUT2D eigenvalue weighted by molar-refractivity contribution is 6.01. The van der Waals surface area contributed by atoms with E-state index in [1.54, 1.807) is 19.2 Å². The highest BCUT2D eigenvalue weighted by Gasteiger charge is 2.27. The van der Waals surface area contributed by atoms with Gasteiger partial charge in [-0.2, -0.15) is 5.10 Å². The number of amides is 1. The number of fused-ring (bicyclic) bond motifs is 2. The lowest BCUT2D eigenvalue weighted by molar-refractivity contribution is 0.0963. The van der Waals surface area contributed by atoms with Crippen molar-refractivity contribution < 1.29 is 9.18 Å². The zero-order chi connectivity index (χ0) is 22.2. The van der Waals surface area contributed by atoms with Crippen LogP contribution in [0.25, 0.3) is 33.2 Å². The van der Waals surface area contributed by atoms with E-state index in [2.05, 4.69) is 55.0 Å². The van der Waals surface area contributed by atoms with E-state index in [1.165, 1.54) is 5.56 Å². The number of hydrogen-bond donors (Lipinski definition) is 4. The second kappa shape index (κ2) is 8.37. The maximum Gasteiger partial charge on any atom is 0.251 e. The lowest BCUT2D eigenvalue weighted by Gasteiger charge is -2.34. The van der Waals surface area contributed by atoms with Gasteiger partial charge in [-0.15, -0.1) is 0 Å². The van der Waals surface area contributed by atoms with Gasteiger partial charge < -0.3 is 15.6 Å². The molecule has 1 fully saturated rings. The van der Waals surface area contributed by atoms with Crippen LogP contribution < -0.4 is 10.6 Å². The van der Waals surface area contributed by atoms with Gasteiger partial charge in [-0.25, -0.2) is 4.39 Å². The molecular weight excluding hydrogens is 407 g/mol. The maximum absolute atomic E-state index is 14.3. The van der Waals surface area contributed by atoms with Crippen molar-refractivity contribution in [3.63, 3.8) is 0 Å². The number of aromatic nitrogens is 3. The fourth-order valence-electron chi connectivity index (χ4n) is 4.61. The highest BCUT2D eigenvalue weighted by atomic mass is 19.1. The third-order valence-electron chi connectivity index (χ3n) is 6.39. The zero-order valence-electron chi connectivity index (χ0n) is 18.2. The molecule has 2 aromatic heterocycles. The van der Waals surface area contributed by atoms with Gasteiger partial charge in [-0.05, 0) is 55.4 Å². The SMILES string of the molecule is CNC(=O)c1ccc2c(-c3cc4cc(CN5CC[C@@H](NC)[C@@H](F)C5)ccc4[nH]3)n[nH]c2c1. The van der Waals surface area contributed by atoms with Crippen LogP contribution in [-0.4, -0.2) is 65.4 Å². The van der Waals surface area contributed by atoms with E-state index in [0.29, 0.717) is 12.1 Å². The number of alkyl halides is 1. The number of halogens is 1. The first-order valence-electron chi connectivity index (χ1n) is 10.9. The topological polar surface area (TPSA) is 88.8 Å². The number of carbonyl (C=O) groups excluding carboxylic acids is 1. The van der Waals surface area contributed by atoms with E-state index < -0.39 is 6.17 Å². The molecule has 0 unspecified atom stereocenters. The summed E-state index contributed by atoms with van der Waals surface area (Å²) in [5.74, 6) is -0.129. The Balaban J connectivity index is 1.39. The number of likely N-dealkylation sites (tertiary alicyclic amines) is 1.